The Kier molecular flexibility index (Phi) is 3.03. The number of nitrogens with zero attached hydrogens (tertiary/aromatic N) is 1. The minimum atomic E-state index is 0.290. The molecule has 2 rings (SSSR count). The molecule has 1 fully saturated rings. The molecule has 1 aliphatic heterocycles. The molecular formula is C10H13BrN2O. The molecule has 0 radical (unpaired) electrons. The van der Waals surface area contributed by atoms with Crippen LogP contribution in [0.5, 0.6) is 0 Å². The molecule has 3 nitrogen and oxygen atoms in total. The predicted octanol–water partition coefficient (Wildman–Crippen LogP) is 2.43. The van der Waals surface area contributed by atoms with Crippen molar-refractivity contribution in [2.24, 2.45) is 0 Å². The van der Waals surface area contributed by atoms with Crippen molar-refractivity contribution in [2.75, 3.05) is 11.9 Å². The van der Waals surface area contributed by atoms with Crippen molar-refractivity contribution in [2.45, 2.75) is 25.5 Å². The van der Waals surface area contributed by atoms with Crippen molar-refractivity contribution in [3.8, 4) is 0 Å². The lowest BCUT2D eigenvalue weighted by atomic mass is 10.1. The first-order valence-electron chi connectivity index (χ1n) is 4.75. The summed E-state index contributed by atoms with van der Waals surface area (Å²) in [5.74, 6) is 0. The molecule has 2 unspecified atom stereocenters. The van der Waals surface area contributed by atoms with Crippen LogP contribution in [0.3, 0.4) is 0 Å². The van der Waals surface area contributed by atoms with Gasteiger partial charge < -0.3 is 10.1 Å². The van der Waals surface area contributed by atoms with Gasteiger partial charge in [0.15, 0.2) is 0 Å². The van der Waals surface area contributed by atoms with Gasteiger partial charge in [0.2, 0.25) is 0 Å². The average Bonchev–Trinajstić information content (AvgIpc) is 2.56. The van der Waals surface area contributed by atoms with E-state index in [9.17, 15) is 0 Å². The van der Waals surface area contributed by atoms with Crippen LogP contribution in [0.25, 0.3) is 0 Å². The van der Waals surface area contributed by atoms with Gasteiger partial charge in [0.05, 0.1) is 24.0 Å². The Balaban J connectivity index is 2.00. The first kappa shape index (κ1) is 9.93. The molecule has 1 aromatic heterocycles. The monoisotopic (exact) mass is 256 g/mol. The average molecular weight is 257 g/mol. The second kappa shape index (κ2) is 4.28. The number of aromatic nitrogens is 1. The fraction of sp³-hybridized carbons (Fsp3) is 0.500. The lowest BCUT2D eigenvalue weighted by Crippen LogP contribution is -2.26. The van der Waals surface area contributed by atoms with Gasteiger partial charge >= 0.3 is 0 Å². The van der Waals surface area contributed by atoms with Crippen molar-refractivity contribution in [3.63, 3.8) is 0 Å². The summed E-state index contributed by atoms with van der Waals surface area (Å²) >= 11 is 3.31. The van der Waals surface area contributed by atoms with E-state index < -0.39 is 0 Å². The molecule has 1 N–H and O–H groups in total. The van der Waals surface area contributed by atoms with Crippen molar-refractivity contribution in [3.05, 3.63) is 22.9 Å². The smallest absolute Gasteiger partial charge is 0.106 e. The Bertz CT molecular complexity index is 301. The van der Waals surface area contributed by atoms with Crippen LogP contribution in [0, 0.1) is 0 Å². The Labute approximate surface area is 92.0 Å². The van der Waals surface area contributed by atoms with Crippen LogP contribution in [0.2, 0.25) is 0 Å². The fourth-order valence-electron chi connectivity index (χ4n) is 1.60. The Morgan fingerprint density at radius 1 is 1.57 bits per heavy atom. The van der Waals surface area contributed by atoms with E-state index in [0.29, 0.717) is 12.1 Å². The SMILES string of the molecule is CC1OCCC1Nc1ccc(Br)nc1. The highest BCUT2D eigenvalue weighted by molar-refractivity contribution is 9.10. The zero-order valence-electron chi connectivity index (χ0n) is 8.03. The highest BCUT2D eigenvalue weighted by Gasteiger charge is 2.23. The molecule has 1 aliphatic rings. The van der Waals surface area contributed by atoms with Gasteiger partial charge in [-0.25, -0.2) is 4.98 Å². The van der Waals surface area contributed by atoms with Crippen LogP contribution in [0.15, 0.2) is 22.9 Å². The standard InChI is InChI=1S/C10H13BrN2O/c1-7-9(4-5-14-7)13-8-2-3-10(11)12-6-8/h2-3,6-7,9,13H,4-5H2,1H3. The lowest BCUT2D eigenvalue weighted by Gasteiger charge is -2.16. The van der Waals surface area contributed by atoms with Gasteiger partial charge in [0, 0.05) is 6.61 Å². The maximum absolute atomic E-state index is 5.47. The van der Waals surface area contributed by atoms with Crippen LogP contribution in [-0.2, 0) is 4.74 Å². The summed E-state index contributed by atoms with van der Waals surface area (Å²) in [4.78, 5) is 4.16. The van der Waals surface area contributed by atoms with Gasteiger partial charge in [-0.2, -0.15) is 0 Å². The van der Waals surface area contributed by atoms with Gasteiger partial charge in [-0.05, 0) is 41.4 Å². The van der Waals surface area contributed by atoms with Gasteiger partial charge in [0.1, 0.15) is 4.60 Å². The molecule has 76 valence electrons. The van der Waals surface area contributed by atoms with Crippen LogP contribution in [0.4, 0.5) is 5.69 Å². The summed E-state index contributed by atoms with van der Waals surface area (Å²) in [6.07, 6.45) is 3.19. The summed E-state index contributed by atoms with van der Waals surface area (Å²) in [5.41, 5.74) is 1.05. The van der Waals surface area contributed by atoms with Gasteiger partial charge in [-0.3, -0.25) is 0 Å². The molecule has 0 amide bonds. The summed E-state index contributed by atoms with van der Waals surface area (Å²) < 4.78 is 6.33. The Morgan fingerprint density at radius 2 is 2.43 bits per heavy atom. The minimum absolute atomic E-state index is 0.290. The van der Waals surface area contributed by atoms with E-state index in [2.05, 4.69) is 33.2 Å². The summed E-state index contributed by atoms with van der Waals surface area (Å²) in [5, 5.41) is 3.41. The quantitative estimate of drug-likeness (QED) is 0.826. The van der Waals surface area contributed by atoms with Gasteiger partial charge in [0.25, 0.3) is 0 Å². The second-order valence-electron chi connectivity index (χ2n) is 3.49. The maximum atomic E-state index is 5.47. The Hall–Kier alpha value is -0.610. The maximum Gasteiger partial charge on any atom is 0.106 e. The number of hydrogen-bond acceptors (Lipinski definition) is 3. The molecule has 0 bridgehead atoms. The highest BCUT2D eigenvalue weighted by atomic mass is 79.9. The van der Waals surface area contributed by atoms with E-state index in [4.69, 9.17) is 4.74 Å². The topological polar surface area (TPSA) is 34.1 Å². The van der Waals surface area contributed by atoms with E-state index >= 15 is 0 Å². The summed E-state index contributed by atoms with van der Waals surface area (Å²) in [6, 6.07) is 4.36. The number of halogens is 1. The zero-order chi connectivity index (χ0) is 9.97. The van der Waals surface area contributed by atoms with Crippen LogP contribution in [0.1, 0.15) is 13.3 Å². The predicted molar refractivity (Wildman–Crippen MR) is 59.4 cm³/mol. The van der Waals surface area contributed by atoms with Crippen molar-refractivity contribution >= 4 is 21.6 Å². The highest BCUT2D eigenvalue weighted by Crippen LogP contribution is 2.19. The molecule has 14 heavy (non-hydrogen) atoms. The molecule has 1 saturated heterocycles. The largest absolute Gasteiger partial charge is 0.378 e. The Morgan fingerprint density at radius 3 is 3.00 bits per heavy atom. The van der Waals surface area contributed by atoms with Crippen molar-refractivity contribution in [1.82, 2.24) is 4.98 Å². The number of rotatable bonds is 2. The number of nitrogens with one attached hydrogen (secondary N) is 1. The summed E-state index contributed by atoms with van der Waals surface area (Å²) in [7, 11) is 0. The van der Waals surface area contributed by atoms with E-state index in [1.54, 1.807) is 0 Å². The zero-order valence-corrected chi connectivity index (χ0v) is 9.62. The number of hydrogen-bond donors (Lipinski definition) is 1. The van der Waals surface area contributed by atoms with Gasteiger partial charge in [-0.1, -0.05) is 0 Å². The molecule has 2 heterocycles. The molecular weight excluding hydrogens is 244 g/mol. The molecule has 1 aromatic rings. The van der Waals surface area contributed by atoms with Crippen LogP contribution in [-0.4, -0.2) is 23.7 Å². The van der Waals surface area contributed by atoms with E-state index in [1.165, 1.54) is 0 Å². The van der Waals surface area contributed by atoms with Crippen LogP contribution < -0.4 is 5.32 Å². The third-order valence-corrected chi connectivity index (χ3v) is 2.92. The number of anilines is 1. The fourth-order valence-corrected chi connectivity index (χ4v) is 1.83. The number of ether oxygens (including phenoxy) is 1. The first-order chi connectivity index (χ1) is 6.75. The molecule has 0 aromatic carbocycles. The minimum Gasteiger partial charge on any atom is -0.378 e. The normalized spacial score (nSPS) is 26.4. The van der Waals surface area contributed by atoms with Crippen molar-refractivity contribution < 1.29 is 4.74 Å². The molecule has 0 spiro atoms. The second-order valence-corrected chi connectivity index (χ2v) is 4.30. The van der Waals surface area contributed by atoms with E-state index in [-0.39, 0.29) is 0 Å². The molecule has 0 saturated carbocycles. The van der Waals surface area contributed by atoms with Crippen LogP contribution >= 0.6 is 15.9 Å². The molecule has 4 heteroatoms. The van der Waals surface area contributed by atoms with Crippen molar-refractivity contribution in [1.29, 1.82) is 0 Å². The molecule has 2 atom stereocenters. The first-order valence-corrected chi connectivity index (χ1v) is 5.55. The number of pyridine rings is 1. The van der Waals surface area contributed by atoms with E-state index in [1.807, 2.05) is 18.3 Å². The molecule has 0 aliphatic carbocycles. The van der Waals surface area contributed by atoms with Gasteiger partial charge in [-0.15, -0.1) is 0 Å². The third-order valence-electron chi connectivity index (χ3n) is 2.46. The third kappa shape index (κ3) is 2.25. The lowest BCUT2D eigenvalue weighted by molar-refractivity contribution is 0.121. The summed E-state index contributed by atoms with van der Waals surface area (Å²) in [6.45, 7) is 2.94. The van der Waals surface area contributed by atoms with E-state index in [0.717, 1.165) is 23.3 Å².